The van der Waals surface area contributed by atoms with E-state index in [9.17, 15) is 13.2 Å². The van der Waals surface area contributed by atoms with Gasteiger partial charge in [0.25, 0.3) is 0 Å². The fourth-order valence-electron chi connectivity index (χ4n) is 0.910. The SMILES string of the molecule is OC(CC(F)(F)F)c1cccnc1. The fourth-order valence-corrected chi connectivity index (χ4v) is 0.910. The van der Waals surface area contributed by atoms with Crippen LogP contribution in [0.25, 0.3) is 0 Å². The molecule has 0 aliphatic heterocycles. The molecule has 0 aromatic carbocycles. The van der Waals surface area contributed by atoms with E-state index in [-0.39, 0.29) is 5.56 Å². The summed E-state index contributed by atoms with van der Waals surface area (Å²) in [4.78, 5) is 3.61. The molecule has 1 heterocycles. The minimum absolute atomic E-state index is 0.180. The number of aliphatic hydroxyl groups is 1. The lowest BCUT2D eigenvalue weighted by atomic mass is 10.1. The third-order valence-electron chi connectivity index (χ3n) is 1.49. The number of nitrogens with zero attached hydrogens (tertiary/aromatic N) is 1. The van der Waals surface area contributed by atoms with Gasteiger partial charge in [-0.15, -0.1) is 0 Å². The number of hydrogen-bond donors (Lipinski definition) is 1. The van der Waals surface area contributed by atoms with Crippen LogP contribution in [0.5, 0.6) is 0 Å². The third kappa shape index (κ3) is 3.42. The van der Waals surface area contributed by atoms with Crippen molar-refractivity contribution in [2.75, 3.05) is 0 Å². The second-order valence-corrected chi connectivity index (χ2v) is 2.62. The molecule has 1 rings (SSSR count). The quantitative estimate of drug-likeness (QED) is 0.776. The highest BCUT2D eigenvalue weighted by Crippen LogP contribution is 2.28. The summed E-state index contributed by atoms with van der Waals surface area (Å²) in [6.45, 7) is 0. The largest absolute Gasteiger partial charge is 0.391 e. The van der Waals surface area contributed by atoms with Gasteiger partial charge < -0.3 is 5.11 Å². The number of pyridine rings is 1. The first-order valence-corrected chi connectivity index (χ1v) is 3.64. The van der Waals surface area contributed by atoms with E-state index in [2.05, 4.69) is 4.98 Å². The van der Waals surface area contributed by atoms with E-state index in [1.165, 1.54) is 24.5 Å². The van der Waals surface area contributed by atoms with E-state index >= 15 is 0 Å². The molecule has 0 bridgehead atoms. The monoisotopic (exact) mass is 191 g/mol. The van der Waals surface area contributed by atoms with Crippen molar-refractivity contribution in [2.24, 2.45) is 0 Å². The van der Waals surface area contributed by atoms with Crippen LogP contribution in [0.1, 0.15) is 18.1 Å². The van der Waals surface area contributed by atoms with E-state index in [0.29, 0.717) is 0 Å². The highest BCUT2D eigenvalue weighted by Gasteiger charge is 2.31. The van der Waals surface area contributed by atoms with Crippen LogP contribution in [-0.4, -0.2) is 16.3 Å². The van der Waals surface area contributed by atoms with Crippen molar-refractivity contribution in [1.29, 1.82) is 0 Å². The van der Waals surface area contributed by atoms with Crippen LogP contribution < -0.4 is 0 Å². The molecule has 2 nitrogen and oxygen atoms in total. The lowest BCUT2D eigenvalue weighted by Gasteiger charge is -2.12. The van der Waals surface area contributed by atoms with Crippen molar-refractivity contribution in [3.05, 3.63) is 30.1 Å². The molecule has 0 aliphatic carbocycles. The molecule has 1 aromatic heterocycles. The van der Waals surface area contributed by atoms with E-state index < -0.39 is 18.7 Å². The number of aliphatic hydroxyl groups excluding tert-OH is 1. The van der Waals surface area contributed by atoms with Crippen LogP contribution in [0.15, 0.2) is 24.5 Å². The van der Waals surface area contributed by atoms with Gasteiger partial charge in [-0.05, 0) is 11.6 Å². The lowest BCUT2D eigenvalue weighted by molar-refractivity contribution is -0.154. The number of aromatic nitrogens is 1. The number of rotatable bonds is 2. The molecule has 1 atom stereocenters. The van der Waals surface area contributed by atoms with Gasteiger partial charge in [0.05, 0.1) is 12.5 Å². The van der Waals surface area contributed by atoms with Crippen LogP contribution in [0.2, 0.25) is 0 Å². The van der Waals surface area contributed by atoms with Crippen molar-refractivity contribution in [2.45, 2.75) is 18.7 Å². The van der Waals surface area contributed by atoms with Gasteiger partial charge in [0, 0.05) is 12.4 Å². The molecule has 1 unspecified atom stereocenters. The van der Waals surface area contributed by atoms with E-state index in [0.717, 1.165) is 0 Å². The van der Waals surface area contributed by atoms with Gasteiger partial charge in [0.1, 0.15) is 0 Å². The Hall–Kier alpha value is -1.10. The zero-order valence-corrected chi connectivity index (χ0v) is 6.62. The maximum absolute atomic E-state index is 11.8. The summed E-state index contributed by atoms with van der Waals surface area (Å²) in [6, 6.07) is 2.89. The molecule has 72 valence electrons. The van der Waals surface area contributed by atoms with Gasteiger partial charge in [-0.25, -0.2) is 0 Å². The van der Waals surface area contributed by atoms with Crippen LogP contribution in [-0.2, 0) is 0 Å². The second kappa shape index (κ2) is 3.74. The summed E-state index contributed by atoms with van der Waals surface area (Å²) >= 11 is 0. The third-order valence-corrected chi connectivity index (χ3v) is 1.49. The summed E-state index contributed by atoms with van der Waals surface area (Å²) in [6.07, 6.45) is -4.46. The Kier molecular flexibility index (Phi) is 2.87. The predicted octanol–water partition coefficient (Wildman–Crippen LogP) is 2.07. The molecule has 1 aromatic rings. The number of halogens is 3. The first-order valence-electron chi connectivity index (χ1n) is 3.64. The van der Waals surface area contributed by atoms with Crippen molar-refractivity contribution in [3.8, 4) is 0 Å². The lowest BCUT2D eigenvalue weighted by Crippen LogP contribution is -2.13. The average Bonchev–Trinajstić information content (AvgIpc) is 2.03. The Balaban J connectivity index is 2.64. The Bertz CT molecular complexity index is 260. The normalized spacial score (nSPS) is 14.2. The van der Waals surface area contributed by atoms with Crippen molar-refractivity contribution in [3.63, 3.8) is 0 Å². The van der Waals surface area contributed by atoms with Crippen LogP contribution in [0.3, 0.4) is 0 Å². The maximum Gasteiger partial charge on any atom is 0.391 e. The maximum atomic E-state index is 11.8. The Morgan fingerprint density at radius 2 is 2.15 bits per heavy atom. The smallest absolute Gasteiger partial charge is 0.388 e. The van der Waals surface area contributed by atoms with E-state index in [4.69, 9.17) is 5.11 Å². The molecule has 0 fully saturated rings. The molecule has 13 heavy (non-hydrogen) atoms. The summed E-state index contributed by atoms with van der Waals surface area (Å²) in [5, 5.41) is 9.10. The molecule has 5 heteroatoms. The highest BCUT2D eigenvalue weighted by atomic mass is 19.4. The van der Waals surface area contributed by atoms with Gasteiger partial charge in [0.2, 0.25) is 0 Å². The Labute approximate surface area is 73.0 Å². The Morgan fingerprint density at radius 1 is 1.46 bits per heavy atom. The molecule has 0 aliphatic rings. The van der Waals surface area contributed by atoms with Gasteiger partial charge in [-0.2, -0.15) is 13.2 Å². The zero-order valence-electron chi connectivity index (χ0n) is 6.62. The van der Waals surface area contributed by atoms with Crippen molar-refractivity contribution < 1.29 is 18.3 Å². The van der Waals surface area contributed by atoms with E-state index in [1.807, 2.05) is 0 Å². The first-order chi connectivity index (χ1) is 5.99. The molecule has 0 saturated heterocycles. The van der Waals surface area contributed by atoms with Crippen LogP contribution in [0, 0.1) is 0 Å². The minimum atomic E-state index is -4.35. The fraction of sp³-hybridized carbons (Fsp3) is 0.375. The van der Waals surface area contributed by atoms with Crippen molar-refractivity contribution in [1.82, 2.24) is 4.98 Å². The van der Waals surface area contributed by atoms with Gasteiger partial charge >= 0.3 is 6.18 Å². The molecule has 1 N–H and O–H groups in total. The molecular formula is C8H8F3NO. The molecule has 0 spiro atoms. The molecule has 0 radical (unpaired) electrons. The summed E-state index contributed by atoms with van der Waals surface area (Å²) in [7, 11) is 0. The van der Waals surface area contributed by atoms with Gasteiger partial charge in [0.15, 0.2) is 0 Å². The highest BCUT2D eigenvalue weighted by molar-refractivity contribution is 5.11. The van der Waals surface area contributed by atoms with Crippen molar-refractivity contribution >= 4 is 0 Å². The predicted molar refractivity (Wildman–Crippen MR) is 39.9 cm³/mol. The number of alkyl halides is 3. The minimum Gasteiger partial charge on any atom is -0.388 e. The second-order valence-electron chi connectivity index (χ2n) is 2.62. The zero-order chi connectivity index (χ0) is 9.90. The van der Waals surface area contributed by atoms with Crippen LogP contribution >= 0.6 is 0 Å². The summed E-state index contributed by atoms with van der Waals surface area (Å²) in [5.41, 5.74) is 0.180. The van der Waals surface area contributed by atoms with E-state index in [1.54, 1.807) is 0 Å². The van der Waals surface area contributed by atoms with Gasteiger partial charge in [-0.3, -0.25) is 4.98 Å². The van der Waals surface area contributed by atoms with Gasteiger partial charge in [-0.1, -0.05) is 6.07 Å². The summed E-state index contributed by atoms with van der Waals surface area (Å²) < 4.78 is 35.4. The Morgan fingerprint density at radius 3 is 2.62 bits per heavy atom. The standard InChI is InChI=1S/C8H8F3NO/c9-8(10,11)4-7(13)6-2-1-3-12-5-6/h1-3,5,7,13H,4H2. The van der Waals surface area contributed by atoms with Crippen LogP contribution in [0.4, 0.5) is 13.2 Å². The first kappa shape index (κ1) is 9.98. The topological polar surface area (TPSA) is 33.1 Å². The molecular weight excluding hydrogens is 183 g/mol. The number of hydrogen-bond acceptors (Lipinski definition) is 2. The average molecular weight is 191 g/mol. The summed E-state index contributed by atoms with van der Waals surface area (Å²) in [5.74, 6) is 0. The molecule has 0 saturated carbocycles. The molecule has 0 amide bonds.